The molecule has 2 aromatic heterocycles. The van der Waals surface area contributed by atoms with Crippen LogP contribution < -0.4 is 15.8 Å². The van der Waals surface area contributed by atoms with Crippen molar-refractivity contribution in [2.75, 3.05) is 58.1 Å². The number of anilines is 1. The van der Waals surface area contributed by atoms with Gasteiger partial charge >= 0.3 is 0 Å². The summed E-state index contributed by atoms with van der Waals surface area (Å²) in [5, 5.41) is 8.36. The number of nitrogens with zero attached hydrogens (tertiary/aromatic N) is 8. The van der Waals surface area contributed by atoms with E-state index < -0.39 is 6.04 Å². The minimum absolute atomic E-state index is 0.105. The van der Waals surface area contributed by atoms with Gasteiger partial charge in [-0.1, -0.05) is 30.3 Å². The monoisotopic (exact) mass is 836 g/mol. The predicted molar refractivity (Wildman–Crippen MR) is 237 cm³/mol. The van der Waals surface area contributed by atoms with E-state index in [-0.39, 0.29) is 30.2 Å². The largest absolute Gasteiger partial charge is 0.457 e. The molecule has 14 heteroatoms. The Morgan fingerprint density at radius 2 is 1.44 bits per heavy atom. The number of rotatable bonds is 11. The lowest BCUT2D eigenvalue weighted by molar-refractivity contribution is -0.136. The van der Waals surface area contributed by atoms with Gasteiger partial charge in [0, 0.05) is 43.2 Å². The quantitative estimate of drug-likeness (QED) is 0.151. The van der Waals surface area contributed by atoms with Gasteiger partial charge in [-0.3, -0.25) is 19.7 Å². The number of carbonyl (C=O) groups is 3. The Morgan fingerprint density at radius 3 is 2.16 bits per heavy atom. The smallest absolute Gasteiger partial charge is 0.255 e. The second-order valence-electron chi connectivity index (χ2n) is 17.8. The Hall–Kier alpha value is -5.70. The van der Waals surface area contributed by atoms with Crippen LogP contribution in [0.1, 0.15) is 91.2 Å². The van der Waals surface area contributed by atoms with Gasteiger partial charge in [-0.2, -0.15) is 5.10 Å². The van der Waals surface area contributed by atoms with Crippen molar-refractivity contribution >= 4 is 34.6 Å². The molecule has 0 spiro atoms. The molecule has 14 nitrogen and oxygen atoms in total. The molecule has 0 saturated carbocycles. The highest BCUT2D eigenvalue weighted by molar-refractivity contribution is 6.05. The molecule has 5 aliphatic heterocycles. The molecule has 5 aliphatic rings. The van der Waals surface area contributed by atoms with Gasteiger partial charge in [0.2, 0.25) is 11.8 Å². The number of nitrogen functional groups attached to an aromatic ring is 1. The average Bonchev–Trinajstić information content (AvgIpc) is 3.86. The summed E-state index contributed by atoms with van der Waals surface area (Å²) in [5.41, 5.74) is 12.0. The maximum atomic E-state index is 13.2. The van der Waals surface area contributed by atoms with Gasteiger partial charge < -0.3 is 30.1 Å². The van der Waals surface area contributed by atoms with Crippen molar-refractivity contribution in [3.05, 3.63) is 95.8 Å². The molecule has 5 aromatic rings. The highest BCUT2D eigenvalue weighted by Crippen LogP contribution is 2.37. The van der Waals surface area contributed by atoms with Gasteiger partial charge in [0.1, 0.15) is 35.4 Å². The first-order valence-electron chi connectivity index (χ1n) is 22.6. The Balaban J connectivity index is 0.662. The molecule has 0 radical (unpaired) electrons. The molecule has 1 unspecified atom stereocenters. The normalized spacial score (nSPS) is 21.5. The molecule has 3 aromatic carbocycles. The molecule has 4 saturated heterocycles. The van der Waals surface area contributed by atoms with Crippen LogP contribution in [0.25, 0.3) is 22.3 Å². The van der Waals surface area contributed by atoms with Crippen molar-refractivity contribution in [1.29, 1.82) is 0 Å². The van der Waals surface area contributed by atoms with Crippen LogP contribution in [0.3, 0.4) is 0 Å². The van der Waals surface area contributed by atoms with Crippen molar-refractivity contribution in [2.45, 2.75) is 88.4 Å². The summed E-state index contributed by atoms with van der Waals surface area (Å²) in [5.74, 6) is 1.76. The van der Waals surface area contributed by atoms with Crippen molar-refractivity contribution in [2.24, 2.45) is 0 Å². The fourth-order valence-electron chi connectivity index (χ4n) is 10.6. The van der Waals surface area contributed by atoms with Gasteiger partial charge in [0.15, 0.2) is 5.65 Å². The van der Waals surface area contributed by atoms with E-state index in [1.54, 1.807) is 11.2 Å². The number of nitrogens with one attached hydrogen (secondary N) is 1. The van der Waals surface area contributed by atoms with Gasteiger partial charge in [-0.05, 0) is 150 Å². The molecule has 7 heterocycles. The van der Waals surface area contributed by atoms with Gasteiger partial charge in [0.05, 0.1) is 11.4 Å². The lowest BCUT2D eigenvalue weighted by atomic mass is 9.88. The standard InChI is InChI=1S/C48H56N10O4/c49-45-43-44(33-7-10-39(11-8-33)62-38-5-2-1-3-6-38)53-58(46(43)51-31-50-45)37-19-27-56(28-20-37)36-17-25-55(26-18-36)22-4-21-54-23-15-32(16-24-54)34-9-12-40-35(29-34)30-57(48(40)61)41-13-14-42(59)52-47(41)60/h1-3,5-12,29,31-32,36-37,41H,4,13-28,30H2,(H2,49,50,51)(H,52,59,60). The second-order valence-corrected chi connectivity index (χ2v) is 17.8. The molecule has 4 fully saturated rings. The zero-order valence-corrected chi connectivity index (χ0v) is 35.3. The van der Waals surface area contributed by atoms with E-state index >= 15 is 0 Å². The summed E-state index contributed by atoms with van der Waals surface area (Å²) in [4.78, 5) is 56.0. The number of para-hydroxylation sites is 1. The summed E-state index contributed by atoms with van der Waals surface area (Å²) in [6, 6.07) is 24.3. The average molecular weight is 837 g/mol. The maximum absolute atomic E-state index is 13.2. The molecule has 62 heavy (non-hydrogen) atoms. The topological polar surface area (TPSA) is 155 Å². The van der Waals surface area contributed by atoms with E-state index in [4.69, 9.17) is 15.6 Å². The molecule has 3 N–H and O–H groups in total. The molecule has 3 amide bonds. The first kappa shape index (κ1) is 40.4. The lowest BCUT2D eigenvalue weighted by Crippen LogP contribution is -2.52. The van der Waals surface area contributed by atoms with Crippen LogP contribution in [0.15, 0.2) is 79.1 Å². The van der Waals surface area contributed by atoms with Crippen LogP contribution in [0.5, 0.6) is 11.5 Å². The Kier molecular flexibility index (Phi) is 11.5. The number of amides is 3. The number of carbonyl (C=O) groups excluding carboxylic acids is 3. The van der Waals surface area contributed by atoms with Crippen LogP contribution in [0.4, 0.5) is 5.82 Å². The fourth-order valence-corrected chi connectivity index (χ4v) is 10.6. The number of hydrogen-bond donors (Lipinski definition) is 2. The minimum atomic E-state index is -0.574. The summed E-state index contributed by atoms with van der Waals surface area (Å²) in [7, 11) is 0. The molecular formula is C48H56N10O4. The van der Waals surface area contributed by atoms with E-state index in [1.165, 1.54) is 24.8 Å². The Morgan fingerprint density at radius 1 is 0.742 bits per heavy atom. The number of ether oxygens (including phenoxy) is 1. The highest BCUT2D eigenvalue weighted by atomic mass is 16.5. The third-order valence-corrected chi connectivity index (χ3v) is 14.1. The number of benzene rings is 3. The fraction of sp³-hybridized carbons (Fsp3) is 0.458. The summed E-state index contributed by atoms with van der Waals surface area (Å²) >= 11 is 0. The van der Waals surface area contributed by atoms with Crippen LogP contribution in [-0.2, 0) is 16.1 Å². The van der Waals surface area contributed by atoms with Gasteiger partial charge in [0.25, 0.3) is 5.91 Å². The van der Waals surface area contributed by atoms with Crippen LogP contribution >= 0.6 is 0 Å². The number of imide groups is 1. The number of likely N-dealkylation sites (tertiary alicyclic amines) is 3. The number of aromatic nitrogens is 4. The molecule has 1 atom stereocenters. The minimum Gasteiger partial charge on any atom is -0.457 e. The van der Waals surface area contributed by atoms with Gasteiger partial charge in [-0.15, -0.1) is 0 Å². The SMILES string of the molecule is Nc1ncnc2c1c(-c1ccc(Oc3ccccc3)cc1)nn2C1CCN(C2CCN(CCCN3CCC(c4ccc5c(c4)CN(C4CCC(=O)NC4=O)C5=O)CC3)CC2)CC1. The number of hydrogen-bond acceptors (Lipinski definition) is 11. The van der Waals surface area contributed by atoms with Crippen molar-refractivity contribution in [3.63, 3.8) is 0 Å². The third kappa shape index (κ3) is 8.30. The molecular weight excluding hydrogens is 781 g/mol. The molecule has 322 valence electrons. The zero-order chi connectivity index (χ0) is 42.2. The van der Waals surface area contributed by atoms with E-state index in [9.17, 15) is 14.4 Å². The predicted octanol–water partition coefficient (Wildman–Crippen LogP) is 6.00. The van der Waals surface area contributed by atoms with E-state index in [2.05, 4.69) is 46.8 Å². The van der Waals surface area contributed by atoms with Crippen molar-refractivity contribution in [1.82, 2.24) is 44.7 Å². The summed E-state index contributed by atoms with van der Waals surface area (Å²) in [6.45, 7) is 9.33. The lowest BCUT2D eigenvalue weighted by Gasteiger charge is -2.42. The molecule has 0 aliphatic carbocycles. The first-order chi connectivity index (χ1) is 30.3. The summed E-state index contributed by atoms with van der Waals surface area (Å²) < 4.78 is 8.13. The third-order valence-electron chi connectivity index (χ3n) is 14.1. The highest BCUT2D eigenvalue weighted by Gasteiger charge is 2.39. The Labute approximate surface area is 362 Å². The van der Waals surface area contributed by atoms with Crippen molar-refractivity contribution in [3.8, 4) is 22.8 Å². The van der Waals surface area contributed by atoms with E-state index in [0.29, 0.717) is 36.3 Å². The van der Waals surface area contributed by atoms with E-state index in [1.807, 2.05) is 60.7 Å². The number of nitrogens with two attached hydrogens (primary N) is 1. The second kappa shape index (κ2) is 17.6. The van der Waals surface area contributed by atoms with Crippen LogP contribution in [0, 0.1) is 0 Å². The number of fused-ring (bicyclic) bond motifs is 2. The zero-order valence-electron chi connectivity index (χ0n) is 35.3. The van der Waals surface area contributed by atoms with Crippen molar-refractivity contribution < 1.29 is 19.1 Å². The van der Waals surface area contributed by atoms with E-state index in [0.717, 1.165) is 117 Å². The van der Waals surface area contributed by atoms with Gasteiger partial charge in [-0.25, -0.2) is 14.6 Å². The summed E-state index contributed by atoms with van der Waals surface area (Å²) in [6.07, 6.45) is 10.1. The molecule has 0 bridgehead atoms. The van der Waals surface area contributed by atoms with Crippen LogP contribution in [0.2, 0.25) is 0 Å². The Bertz CT molecular complexity index is 2420. The number of piperidine rings is 4. The molecule has 10 rings (SSSR count). The first-order valence-corrected chi connectivity index (χ1v) is 22.6. The van der Waals surface area contributed by atoms with Crippen LogP contribution in [-0.4, -0.2) is 122 Å². The maximum Gasteiger partial charge on any atom is 0.255 e.